The largest absolute Gasteiger partial charge is 0.387 e. The Labute approximate surface area is 109 Å². The maximum absolute atomic E-state index is 10.2. The SMILES string of the molecule is CCC(CSC)N(C)CC(O)c1ccccc1. The van der Waals surface area contributed by atoms with E-state index in [1.165, 1.54) is 0 Å². The van der Waals surface area contributed by atoms with Gasteiger partial charge in [-0.05, 0) is 25.3 Å². The Morgan fingerprint density at radius 2 is 1.94 bits per heavy atom. The first-order valence-electron chi connectivity index (χ1n) is 6.11. The second kappa shape index (κ2) is 7.75. The Morgan fingerprint density at radius 3 is 2.47 bits per heavy atom. The molecule has 0 bridgehead atoms. The van der Waals surface area contributed by atoms with E-state index >= 15 is 0 Å². The topological polar surface area (TPSA) is 23.5 Å². The summed E-state index contributed by atoms with van der Waals surface area (Å²) in [7, 11) is 2.09. The lowest BCUT2D eigenvalue weighted by Gasteiger charge is -2.28. The highest BCUT2D eigenvalue weighted by Gasteiger charge is 2.16. The number of aliphatic hydroxyl groups is 1. The number of hydrogen-bond acceptors (Lipinski definition) is 3. The average Bonchev–Trinajstić information content (AvgIpc) is 2.36. The van der Waals surface area contributed by atoms with Crippen LogP contribution in [0.15, 0.2) is 30.3 Å². The summed E-state index contributed by atoms with van der Waals surface area (Å²) in [6.45, 7) is 2.90. The van der Waals surface area contributed by atoms with E-state index in [9.17, 15) is 5.11 Å². The summed E-state index contributed by atoms with van der Waals surface area (Å²) in [5.74, 6) is 1.12. The normalized spacial score (nSPS) is 14.9. The molecular weight excluding hydrogens is 230 g/mol. The molecule has 0 aliphatic carbocycles. The van der Waals surface area contributed by atoms with Gasteiger partial charge in [-0.2, -0.15) is 11.8 Å². The average molecular weight is 253 g/mol. The molecule has 0 fully saturated rings. The van der Waals surface area contributed by atoms with Gasteiger partial charge in [0, 0.05) is 18.3 Å². The quantitative estimate of drug-likeness (QED) is 0.808. The molecule has 0 radical (unpaired) electrons. The maximum Gasteiger partial charge on any atom is 0.0916 e. The first kappa shape index (κ1) is 14.6. The Morgan fingerprint density at radius 1 is 1.29 bits per heavy atom. The third-order valence-electron chi connectivity index (χ3n) is 3.10. The van der Waals surface area contributed by atoms with Crippen LogP contribution in [0.2, 0.25) is 0 Å². The molecule has 0 heterocycles. The fourth-order valence-corrected chi connectivity index (χ4v) is 2.83. The number of aliphatic hydroxyl groups excluding tert-OH is 1. The lowest BCUT2D eigenvalue weighted by Crippen LogP contribution is -2.36. The summed E-state index contributed by atoms with van der Waals surface area (Å²) >= 11 is 1.86. The van der Waals surface area contributed by atoms with Gasteiger partial charge in [0.15, 0.2) is 0 Å². The highest BCUT2D eigenvalue weighted by molar-refractivity contribution is 7.98. The van der Waals surface area contributed by atoms with Crippen LogP contribution in [-0.4, -0.2) is 41.6 Å². The van der Waals surface area contributed by atoms with Gasteiger partial charge in [0.2, 0.25) is 0 Å². The molecule has 2 atom stereocenters. The highest BCUT2D eigenvalue weighted by Crippen LogP contribution is 2.16. The van der Waals surface area contributed by atoms with Crippen molar-refractivity contribution in [1.82, 2.24) is 4.90 Å². The van der Waals surface area contributed by atoms with Crippen LogP contribution in [0.4, 0.5) is 0 Å². The Kier molecular flexibility index (Phi) is 6.63. The number of thioether (sulfide) groups is 1. The van der Waals surface area contributed by atoms with Crippen LogP contribution in [-0.2, 0) is 0 Å². The molecule has 1 aromatic rings. The van der Waals surface area contributed by atoms with Crippen LogP contribution in [0.25, 0.3) is 0 Å². The van der Waals surface area contributed by atoms with Crippen molar-refractivity contribution in [3.05, 3.63) is 35.9 Å². The van der Waals surface area contributed by atoms with Crippen molar-refractivity contribution in [3.8, 4) is 0 Å². The smallest absolute Gasteiger partial charge is 0.0916 e. The van der Waals surface area contributed by atoms with Crippen LogP contribution >= 0.6 is 11.8 Å². The van der Waals surface area contributed by atoms with Gasteiger partial charge in [-0.15, -0.1) is 0 Å². The van der Waals surface area contributed by atoms with E-state index in [2.05, 4.69) is 25.1 Å². The van der Waals surface area contributed by atoms with Gasteiger partial charge in [-0.25, -0.2) is 0 Å². The first-order valence-corrected chi connectivity index (χ1v) is 7.50. The second-order valence-corrected chi connectivity index (χ2v) is 5.29. The zero-order chi connectivity index (χ0) is 12.7. The van der Waals surface area contributed by atoms with Crippen molar-refractivity contribution in [1.29, 1.82) is 0 Å². The van der Waals surface area contributed by atoms with E-state index in [0.717, 1.165) is 17.7 Å². The molecule has 1 rings (SSSR count). The van der Waals surface area contributed by atoms with Crippen molar-refractivity contribution >= 4 is 11.8 Å². The standard InChI is InChI=1S/C14H23NOS/c1-4-13(11-17-3)15(2)10-14(16)12-8-6-5-7-9-12/h5-9,13-14,16H,4,10-11H2,1-3H3. The molecule has 0 aliphatic rings. The molecule has 0 saturated heterocycles. The molecule has 0 aromatic heterocycles. The van der Waals surface area contributed by atoms with E-state index in [4.69, 9.17) is 0 Å². The number of hydrogen-bond donors (Lipinski definition) is 1. The number of benzene rings is 1. The zero-order valence-electron chi connectivity index (χ0n) is 11.0. The van der Waals surface area contributed by atoms with Crippen molar-refractivity contribution in [2.75, 3.05) is 25.6 Å². The van der Waals surface area contributed by atoms with Gasteiger partial charge in [0.25, 0.3) is 0 Å². The van der Waals surface area contributed by atoms with Crippen LogP contribution in [0, 0.1) is 0 Å². The van der Waals surface area contributed by atoms with Crippen LogP contribution in [0.5, 0.6) is 0 Å². The Bertz CT molecular complexity index is 304. The summed E-state index contributed by atoms with van der Waals surface area (Å²) in [4.78, 5) is 2.26. The number of likely N-dealkylation sites (N-methyl/N-ethyl adjacent to an activating group) is 1. The summed E-state index contributed by atoms with van der Waals surface area (Å²) in [5, 5.41) is 10.2. The second-order valence-electron chi connectivity index (χ2n) is 4.38. The lowest BCUT2D eigenvalue weighted by atomic mass is 10.1. The lowest BCUT2D eigenvalue weighted by molar-refractivity contribution is 0.108. The van der Waals surface area contributed by atoms with E-state index in [-0.39, 0.29) is 0 Å². The minimum atomic E-state index is -0.392. The Hall–Kier alpha value is -0.510. The van der Waals surface area contributed by atoms with Gasteiger partial charge in [0.05, 0.1) is 6.10 Å². The number of nitrogens with zero attached hydrogens (tertiary/aromatic N) is 1. The van der Waals surface area contributed by atoms with Gasteiger partial charge in [-0.1, -0.05) is 37.3 Å². The predicted molar refractivity (Wildman–Crippen MR) is 76.5 cm³/mol. The van der Waals surface area contributed by atoms with Crippen LogP contribution < -0.4 is 0 Å². The minimum Gasteiger partial charge on any atom is -0.387 e. The minimum absolute atomic E-state index is 0.392. The van der Waals surface area contributed by atoms with E-state index in [1.807, 2.05) is 42.1 Å². The van der Waals surface area contributed by atoms with Gasteiger partial charge in [0.1, 0.15) is 0 Å². The molecule has 1 N–H and O–H groups in total. The van der Waals surface area contributed by atoms with Gasteiger partial charge < -0.3 is 5.11 Å². The highest BCUT2D eigenvalue weighted by atomic mass is 32.2. The fourth-order valence-electron chi connectivity index (χ4n) is 1.95. The third-order valence-corrected chi connectivity index (χ3v) is 3.82. The molecule has 2 unspecified atom stereocenters. The summed E-state index contributed by atoms with van der Waals surface area (Å²) in [6, 6.07) is 10.4. The zero-order valence-corrected chi connectivity index (χ0v) is 11.8. The molecule has 0 aliphatic heterocycles. The molecular formula is C14H23NOS. The van der Waals surface area contributed by atoms with Gasteiger partial charge >= 0.3 is 0 Å². The molecule has 0 saturated carbocycles. The molecule has 96 valence electrons. The molecule has 1 aromatic carbocycles. The molecule has 2 nitrogen and oxygen atoms in total. The monoisotopic (exact) mass is 253 g/mol. The van der Waals surface area contributed by atoms with Crippen molar-refractivity contribution < 1.29 is 5.11 Å². The maximum atomic E-state index is 10.2. The van der Waals surface area contributed by atoms with Gasteiger partial charge in [-0.3, -0.25) is 4.90 Å². The number of rotatable bonds is 7. The van der Waals surface area contributed by atoms with E-state index in [0.29, 0.717) is 12.6 Å². The molecule has 0 spiro atoms. The molecule has 0 amide bonds. The predicted octanol–water partition coefficient (Wildman–Crippen LogP) is 2.79. The van der Waals surface area contributed by atoms with E-state index in [1.54, 1.807) is 0 Å². The third kappa shape index (κ3) is 4.70. The summed E-state index contributed by atoms with van der Waals surface area (Å²) < 4.78 is 0. The van der Waals surface area contributed by atoms with Crippen molar-refractivity contribution in [2.45, 2.75) is 25.5 Å². The fraction of sp³-hybridized carbons (Fsp3) is 0.571. The first-order chi connectivity index (χ1) is 8.19. The summed E-state index contributed by atoms with van der Waals surface area (Å²) in [5.41, 5.74) is 0.998. The van der Waals surface area contributed by atoms with Crippen LogP contribution in [0.3, 0.4) is 0 Å². The molecule has 3 heteroatoms. The Balaban J connectivity index is 2.53. The summed E-state index contributed by atoms with van der Waals surface area (Å²) in [6.07, 6.45) is 2.86. The van der Waals surface area contributed by atoms with Crippen molar-refractivity contribution in [2.24, 2.45) is 0 Å². The van der Waals surface area contributed by atoms with Crippen molar-refractivity contribution in [3.63, 3.8) is 0 Å². The van der Waals surface area contributed by atoms with Crippen LogP contribution in [0.1, 0.15) is 25.0 Å². The molecule has 17 heavy (non-hydrogen) atoms. The van der Waals surface area contributed by atoms with E-state index < -0.39 is 6.10 Å².